The van der Waals surface area contributed by atoms with Crippen LogP contribution in [0.4, 0.5) is 0 Å². The van der Waals surface area contributed by atoms with Crippen molar-refractivity contribution in [3.05, 3.63) is 51.8 Å². The Bertz CT molecular complexity index is 768. The number of rotatable bonds is 4. The summed E-state index contributed by atoms with van der Waals surface area (Å²) in [6.45, 7) is 7.37. The molecule has 2 aromatic rings. The van der Waals surface area contributed by atoms with Crippen LogP contribution in [-0.2, 0) is 6.54 Å². The number of aliphatic hydroxyl groups is 1. The van der Waals surface area contributed by atoms with Gasteiger partial charge in [-0.2, -0.15) is 5.10 Å². The summed E-state index contributed by atoms with van der Waals surface area (Å²) in [4.78, 5) is 14.6. The minimum absolute atomic E-state index is 0.0965. The number of benzene rings is 1. The number of likely N-dealkylation sites (tertiary alicyclic amines) is 1. The van der Waals surface area contributed by atoms with Crippen LogP contribution in [0.5, 0.6) is 0 Å². The molecule has 1 aromatic heterocycles. The number of hydrogen-bond acceptors (Lipinski definition) is 3. The number of amides is 1. The molecular weight excluding hydrogens is 338 g/mol. The summed E-state index contributed by atoms with van der Waals surface area (Å²) in [7, 11) is 0. The number of aryl methyl sites for hydroxylation is 2. The topological polar surface area (TPSA) is 58.4 Å². The third-order valence-electron chi connectivity index (χ3n) is 4.93. The third-order valence-corrected chi connectivity index (χ3v) is 5.31. The van der Waals surface area contributed by atoms with Gasteiger partial charge < -0.3 is 10.0 Å². The maximum absolute atomic E-state index is 12.9. The fourth-order valence-electron chi connectivity index (χ4n) is 3.29. The van der Waals surface area contributed by atoms with Crippen LogP contribution in [0.15, 0.2) is 24.3 Å². The number of aromatic nitrogens is 2. The van der Waals surface area contributed by atoms with Gasteiger partial charge >= 0.3 is 0 Å². The first-order valence-corrected chi connectivity index (χ1v) is 9.00. The molecule has 1 aromatic carbocycles. The maximum atomic E-state index is 12.9. The van der Waals surface area contributed by atoms with E-state index in [0.717, 1.165) is 12.0 Å². The Morgan fingerprint density at radius 2 is 2.04 bits per heavy atom. The minimum atomic E-state index is -0.404. The van der Waals surface area contributed by atoms with Crippen LogP contribution < -0.4 is 0 Å². The monoisotopic (exact) mass is 361 g/mol. The third kappa shape index (κ3) is 3.72. The van der Waals surface area contributed by atoms with Crippen molar-refractivity contribution in [2.45, 2.75) is 39.8 Å². The Morgan fingerprint density at radius 1 is 1.36 bits per heavy atom. The average molecular weight is 362 g/mol. The van der Waals surface area contributed by atoms with Crippen LogP contribution in [0.25, 0.3) is 0 Å². The van der Waals surface area contributed by atoms with Gasteiger partial charge in [0.05, 0.1) is 23.9 Å². The lowest BCUT2D eigenvalue weighted by Gasteiger charge is -2.17. The zero-order valence-corrected chi connectivity index (χ0v) is 15.6. The molecule has 6 heteroatoms. The molecule has 2 heterocycles. The van der Waals surface area contributed by atoms with E-state index >= 15 is 0 Å². The molecule has 2 atom stereocenters. The largest absolute Gasteiger partial charge is 0.393 e. The Hall–Kier alpha value is -1.85. The molecule has 0 bridgehead atoms. The maximum Gasteiger partial charge on any atom is 0.258 e. The number of carbonyl (C=O) groups is 1. The van der Waals surface area contributed by atoms with Crippen molar-refractivity contribution < 1.29 is 9.90 Å². The van der Waals surface area contributed by atoms with Crippen LogP contribution >= 0.6 is 11.6 Å². The summed E-state index contributed by atoms with van der Waals surface area (Å²) in [5.74, 6) is 0.0337. The van der Waals surface area contributed by atoms with Crippen molar-refractivity contribution in [1.82, 2.24) is 14.7 Å². The van der Waals surface area contributed by atoms with Gasteiger partial charge in [0.25, 0.3) is 5.91 Å². The molecule has 3 rings (SSSR count). The number of hydrogen-bond donors (Lipinski definition) is 1. The van der Waals surface area contributed by atoms with Gasteiger partial charge in [-0.15, -0.1) is 0 Å². The van der Waals surface area contributed by atoms with Crippen molar-refractivity contribution in [2.75, 3.05) is 13.1 Å². The van der Waals surface area contributed by atoms with Crippen LogP contribution in [0.3, 0.4) is 0 Å². The fourth-order valence-corrected chi connectivity index (χ4v) is 3.61. The lowest BCUT2D eigenvalue weighted by atomic mass is 10.0. The van der Waals surface area contributed by atoms with E-state index in [1.54, 1.807) is 16.5 Å². The van der Waals surface area contributed by atoms with E-state index in [4.69, 9.17) is 11.6 Å². The summed E-state index contributed by atoms with van der Waals surface area (Å²) in [6, 6.07) is 8.17. The molecule has 0 spiro atoms. The molecule has 0 unspecified atom stereocenters. The molecule has 1 N–H and O–H groups in total. The Kier molecular flexibility index (Phi) is 5.16. The van der Waals surface area contributed by atoms with Gasteiger partial charge in [0, 0.05) is 19.0 Å². The van der Waals surface area contributed by atoms with Gasteiger partial charge in [-0.05, 0) is 32.8 Å². The highest BCUT2D eigenvalue weighted by Gasteiger charge is 2.32. The predicted molar refractivity (Wildman–Crippen MR) is 97.9 cm³/mol. The molecule has 1 aliphatic rings. The standard InChI is InChI=1S/C19H24ClN3O2/c1-12-4-6-15(7-5-12)10-23-18(20)17(13(2)21-23)19(25)22-9-8-16(11-22)14(3)24/h4-7,14,16,24H,8-11H2,1-3H3/t14-,16+/m0/s1. The van der Waals surface area contributed by atoms with Crippen LogP contribution in [0.2, 0.25) is 5.15 Å². The highest BCUT2D eigenvalue weighted by atomic mass is 35.5. The Labute approximate surface area is 153 Å². The first-order valence-electron chi connectivity index (χ1n) is 8.62. The lowest BCUT2D eigenvalue weighted by molar-refractivity contribution is 0.0762. The highest BCUT2D eigenvalue weighted by Crippen LogP contribution is 2.27. The lowest BCUT2D eigenvalue weighted by Crippen LogP contribution is -2.30. The van der Waals surface area contributed by atoms with Gasteiger partial charge in [0.1, 0.15) is 5.15 Å². The zero-order valence-electron chi connectivity index (χ0n) is 14.9. The van der Waals surface area contributed by atoms with Crippen LogP contribution in [0, 0.1) is 19.8 Å². The van der Waals surface area contributed by atoms with Gasteiger partial charge in [-0.1, -0.05) is 41.4 Å². The van der Waals surface area contributed by atoms with Crippen LogP contribution in [0.1, 0.15) is 40.5 Å². The summed E-state index contributed by atoms with van der Waals surface area (Å²) in [5, 5.41) is 14.6. The minimum Gasteiger partial charge on any atom is -0.393 e. The summed E-state index contributed by atoms with van der Waals surface area (Å²) < 4.78 is 1.68. The fraction of sp³-hybridized carbons (Fsp3) is 0.474. The summed E-state index contributed by atoms with van der Waals surface area (Å²) in [5.41, 5.74) is 3.40. The molecular formula is C19H24ClN3O2. The second kappa shape index (κ2) is 7.18. The van der Waals surface area contributed by atoms with Gasteiger partial charge in [0.15, 0.2) is 0 Å². The van der Waals surface area contributed by atoms with Gasteiger partial charge in [0.2, 0.25) is 0 Å². The molecule has 1 amide bonds. The van der Waals surface area contributed by atoms with Crippen LogP contribution in [-0.4, -0.2) is 44.9 Å². The molecule has 0 aliphatic carbocycles. The highest BCUT2D eigenvalue weighted by molar-refractivity contribution is 6.33. The second-order valence-corrected chi connectivity index (χ2v) is 7.29. The normalized spacial score (nSPS) is 18.6. The summed E-state index contributed by atoms with van der Waals surface area (Å²) >= 11 is 6.49. The van der Waals surface area contributed by atoms with E-state index in [0.29, 0.717) is 36.0 Å². The van der Waals surface area contributed by atoms with E-state index in [-0.39, 0.29) is 11.8 Å². The van der Waals surface area contributed by atoms with E-state index in [2.05, 4.69) is 5.10 Å². The van der Waals surface area contributed by atoms with E-state index in [1.807, 2.05) is 38.1 Å². The number of carbonyl (C=O) groups excluding carboxylic acids is 1. The second-order valence-electron chi connectivity index (χ2n) is 6.93. The Morgan fingerprint density at radius 3 is 2.64 bits per heavy atom. The van der Waals surface area contributed by atoms with E-state index < -0.39 is 6.10 Å². The number of nitrogens with zero attached hydrogens (tertiary/aromatic N) is 3. The number of halogens is 1. The zero-order chi connectivity index (χ0) is 18.1. The Balaban J connectivity index is 1.80. The van der Waals surface area contributed by atoms with Crippen molar-refractivity contribution >= 4 is 17.5 Å². The smallest absolute Gasteiger partial charge is 0.258 e. The first-order chi connectivity index (χ1) is 11.9. The van der Waals surface area contributed by atoms with E-state index in [1.165, 1.54) is 5.56 Å². The number of aliphatic hydroxyl groups excluding tert-OH is 1. The SMILES string of the molecule is Cc1ccc(Cn2nc(C)c(C(=O)N3CC[C@@H]([C@H](C)O)C3)c2Cl)cc1. The molecule has 1 aliphatic heterocycles. The molecule has 1 saturated heterocycles. The molecule has 0 radical (unpaired) electrons. The molecule has 134 valence electrons. The van der Waals surface area contributed by atoms with Crippen molar-refractivity contribution in [1.29, 1.82) is 0 Å². The van der Waals surface area contributed by atoms with Crippen molar-refractivity contribution in [3.8, 4) is 0 Å². The molecule has 25 heavy (non-hydrogen) atoms. The molecule has 0 saturated carbocycles. The van der Waals surface area contributed by atoms with Crippen molar-refractivity contribution in [2.24, 2.45) is 5.92 Å². The van der Waals surface area contributed by atoms with Crippen molar-refractivity contribution in [3.63, 3.8) is 0 Å². The molecule has 5 nitrogen and oxygen atoms in total. The average Bonchev–Trinajstić information content (AvgIpc) is 3.15. The van der Waals surface area contributed by atoms with Gasteiger partial charge in [-0.3, -0.25) is 4.79 Å². The first kappa shape index (κ1) is 18.0. The predicted octanol–water partition coefficient (Wildman–Crippen LogP) is 3.04. The quantitative estimate of drug-likeness (QED) is 0.910. The van der Waals surface area contributed by atoms with Gasteiger partial charge in [-0.25, -0.2) is 4.68 Å². The molecule has 1 fully saturated rings. The van der Waals surface area contributed by atoms with E-state index in [9.17, 15) is 9.90 Å². The summed E-state index contributed by atoms with van der Waals surface area (Å²) in [6.07, 6.45) is 0.413.